The Morgan fingerprint density at radius 1 is 1.02 bits per heavy atom. The summed E-state index contributed by atoms with van der Waals surface area (Å²) in [6, 6.07) is 7.48. The Morgan fingerprint density at radius 2 is 1.74 bits per heavy atom. The van der Waals surface area contributed by atoms with Crippen molar-refractivity contribution in [2.24, 2.45) is 11.8 Å². The smallest absolute Gasteiger partial charge is 0.410 e. The Balaban J connectivity index is 1.68. The number of nitrogens with zero attached hydrogens (tertiary/aromatic N) is 5. The predicted molar refractivity (Wildman–Crippen MR) is 167 cm³/mol. The summed E-state index contributed by atoms with van der Waals surface area (Å²) in [5, 5.41) is 0. The van der Waals surface area contributed by atoms with Gasteiger partial charge in [-0.1, -0.05) is 26.0 Å². The van der Waals surface area contributed by atoms with Crippen molar-refractivity contribution in [2.45, 2.75) is 91.3 Å². The molecular formula is C33H51N5O5. The van der Waals surface area contributed by atoms with E-state index in [4.69, 9.17) is 14.5 Å². The Hall–Kier alpha value is -3.14. The van der Waals surface area contributed by atoms with Gasteiger partial charge in [0.15, 0.2) is 5.82 Å². The molecule has 2 fully saturated rings. The summed E-state index contributed by atoms with van der Waals surface area (Å²) >= 11 is 0. The molecule has 3 amide bonds. The Bertz CT molecular complexity index is 1250. The van der Waals surface area contributed by atoms with Crippen LogP contribution in [0.25, 0.3) is 11.0 Å². The Kier molecular flexibility index (Phi) is 11.1. The lowest BCUT2D eigenvalue weighted by Crippen LogP contribution is -2.58. The number of hydrogen-bond acceptors (Lipinski definition) is 6. The van der Waals surface area contributed by atoms with Crippen LogP contribution in [-0.2, 0) is 20.8 Å². The molecule has 238 valence electrons. The number of benzene rings is 1. The van der Waals surface area contributed by atoms with Gasteiger partial charge < -0.3 is 28.7 Å². The van der Waals surface area contributed by atoms with E-state index in [-0.39, 0.29) is 23.8 Å². The SMILES string of the molecule is COCCCCn1c(C(=O)N(CC(C)C)[C@H]2C[C@@H](C(=O)N3CCCCC3)CN(C(=O)OC(C)(C)C)C2)nc2ccccc21. The van der Waals surface area contributed by atoms with Crippen LogP contribution in [0.5, 0.6) is 0 Å². The molecule has 10 heteroatoms. The number of amides is 3. The maximum atomic E-state index is 14.5. The lowest BCUT2D eigenvalue weighted by molar-refractivity contribution is -0.139. The largest absolute Gasteiger partial charge is 0.444 e. The number of para-hydroxylation sites is 2. The standard InChI is InChI=1S/C33H51N5O5/c1-24(2)21-38(31(40)29-34-27-14-8-9-15-28(27)37(29)18-12-13-19-42-6)26-20-25(30(39)35-16-10-7-11-17-35)22-36(23-26)32(41)43-33(3,4)5/h8-9,14-15,24-26H,7,10-13,16-23H2,1-6H3/t25-,26+/m1/s1. The topological polar surface area (TPSA) is 97.2 Å². The fourth-order valence-electron chi connectivity index (χ4n) is 6.23. The third-order valence-electron chi connectivity index (χ3n) is 8.19. The van der Waals surface area contributed by atoms with Gasteiger partial charge >= 0.3 is 6.09 Å². The van der Waals surface area contributed by atoms with E-state index >= 15 is 0 Å². The summed E-state index contributed by atoms with van der Waals surface area (Å²) in [5.74, 6) is 0.0704. The van der Waals surface area contributed by atoms with Crippen molar-refractivity contribution < 1.29 is 23.9 Å². The second-order valence-corrected chi connectivity index (χ2v) is 13.5. The van der Waals surface area contributed by atoms with Crippen LogP contribution in [-0.4, -0.2) is 100 Å². The third-order valence-corrected chi connectivity index (χ3v) is 8.19. The van der Waals surface area contributed by atoms with Gasteiger partial charge in [-0.05, 0) is 77.3 Å². The second kappa shape index (κ2) is 14.6. The van der Waals surface area contributed by atoms with Crippen LogP contribution in [0.15, 0.2) is 24.3 Å². The highest BCUT2D eigenvalue weighted by atomic mass is 16.6. The van der Waals surface area contributed by atoms with Gasteiger partial charge in [-0.15, -0.1) is 0 Å². The molecule has 43 heavy (non-hydrogen) atoms. The highest BCUT2D eigenvalue weighted by Crippen LogP contribution is 2.28. The van der Waals surface area contributed by atoms with Crippen LogP contribution < -0.4 is 0 Å². The molecule has 1 aromatic carbocycles. The number of piperidine rings is 2. The molecule has 2 atom stereocenters. The van der Waals surface area contributed by atoms with Crippen LogP contribution in [0.1, 0.15) is 83.8 Å². The Labute approximate surface area is 256 Å². The van der Waals surface area contributed by atoms with Gasteiger partial charge in [0.25, 0.3) is 5.91 Å². The monoisotopic (exact) mass is 597 g/mol. The number of aryl methyl sites for hydroxylation is 1. The number of fused-ring (bicyclic) bond motifs is 1. The first-order chi connectivity index (χ1) is 20.5. The van der Waals surface area contributed by atoms with Gasteiger partial charge in [0, 0.05) is 53.0 Å². The number of imidazole rings is 1. The molecule has 0 unspecified atom stereocenters. The van der Waals surface area contributed by atoms with Crippen LogP contribution >= 0.6 is 0 Å². The minimum atomic E-state index is -0.669. The van der Waals surface area contributed by atoms with Crippen LogP contribution in [0.3, 0.4) is 0 Å². The summed E-state index contributed by atoms with van der Waals surface area (Å²) in [5.41, 5.74) is 1.03. The van der Waals surface area contributed by atoms with E-state index in [1.54, 1.807) is 12.0 Å². The fraction of sp³-hybridized carbons (Fsp3) is 0.697. The van der Waals surface area contributed by atoms with Gasteiger partial charge in [0.05, 0.1) is 23.0 Å². The summed E-state index contributed by atoms with van der Waals surface area (Å²) < 4.78 is 13.0. The van der Waals surface area contributed by atoms with E-state index in [0.717, 1.165) is 56.2 Å². The molecule has 2 aliphatic rings. The van der Waals surface area contributed by atoms with Crippen molar-refractivity contribution in [1.82, 2.24) is 24.3 Å². The van der Waals surface area contributed by atoms with Crippen LogP contribution in [0.2, 0.25) is 0 Å². The van der Waals surface area contributed by atoms with Crippen molar-refractivity contribution in [3.05, 3.63) is 30.1 Å². The van der Waals surface area contributed by atoms with Crippen LogP contribution in [0, 0.1) is 11.8 Å². The average molecular weight is 598 g/mol. The molecule has 0 spiro atoms. The minimum absolute atomic E-state index is 0.0697. The molecule has 0 bridgehead atoms. The van der Waals surface area contributed by atoms with Gasteiger partial charge in [-0.3, -0.25) is 9.59 Å². The number of carbonyl (C=O) groups is 3. The zero-order valence-corrected chi connectivity index (χ0v) is 27.0. The molecule has 1 aromatic heterocycles. The first-order valence-electron chi connectivity index (χ1n) is 16.0. The molecule has 2 aliphatic heterocycles. The van der Waals surface area contributed by atoms with Crippen molar-refractivity contribution in [2.75, 3.05) is 46.4 Å². The zero-order chi connectivity index (χ0) is 31.1. The average Bonchev–Trinajstić information content (AvgIpc) is 3.35. The van der Waals surface area contributed by atoms with E-state index in [0.29, 0.717) is 45.0 Å². The molecule has 0 radical (unpaired) electrons. The highest BCUT2D eigenvalue weighted by molar-refractivity contribution is 5.95. The molecule has 2 saturated heterocycles. The molecule has 10 nitrogen and oxygen atoms in total. The van der Waals surface area contributed by atoms with E-state index in [2.05, 4.69) is 13.8 Å². The highest BCUT2D eigenvalue weighted by Gasteiger charge is 2.41. The lowest BCUT2D eigenvalue weighted by Gasteiger charge is -2.44. The van der Waals surface area contributed by atoms with E-state index in [9.17, 15) is 14.4 Å². The number of methoxy groups -OCH3 is 1. The van der Waals surface area contributed by atoms with Crippen molar-refractivity contribution in [1.29, 1.82) is 0 Å². The molecule has 3 heterocycles. The second-order valence-electron chi connectivity index (χ2n) is 13.5. The molecule has 0 N–H and O–H groups in total. The maximum absolute atomic E-state index is 14.5. The van der Waals surface area contributed by atoms with Crippen molar-refractivity contribution >= 4 is 28.9 Å². The molecule has 2 aromatic rings. The summed E-state index contributed by atoms with van der Waals surface area (Å²) in [7, 11) is 1.69. The number of ether oxygens (including phenoxy) is 2. The lowest BCUT2D eigenvalue weighted by atomic mass is 9.90. The first kappa shape index (κ1) is 32.8. The van der Waals surface area contributed by atoms with E-state index in [1.807, 2.05) is 59.4 Å². The molecular weight excluding hydrogens is 546 g/mol. The molecule has 4 rings (SSSR count). The fourth-order valence-corrected chi connectivity index (χ4v) is 6.23. The number of rotatable bonds is 10. The van der Waals surface area contributed by atoms with Gasteiger partial charge in [-0.25, -0.2) is 9.78 Å². The van der Waals surface area contributed by atoms with Crippen molar-refractivity contribution in [3.63, 3.8) is 0 Å². The molecule has 0 saturated carbocycles. The normalized spacial score (nSPS) is 19.6. The number of carbonyl (C=O) groups excluding carboxylic acids is 3. The predicted octanol–water partition coefficient (Wildman–Crippen LogP) is 5.20. The third kappa shape index (κ3) is 8.49. The van der Waals surface area contributed by atoms with E-state index < -0.39 is 17.6 Å². The summed E-state index contributed by atoms with van der Waals surface area (Å²) in [6.45, 7) is 13.6. The summed E-state index contributed by atoms with van der Waals surface area (Å²) in [4.78, 5) is 52.0. The van der Waals surface area contributed by atoms with Crippen LogP contribution in [0.4, 0.5) is 4.79 Å². The maximum Gasteiger partial charge on any atom is 0.410 e. The Morgan fingerprint density at radius 3 is 2.42 bits per heavy atom. The minimum Gasteiger partial charge on any atom is -0.444 e. The zero-order valence-electron chi connectivity index (χ0n) is 27.0. The van der Waals surface area contributed by atoms with Crippen molar-refractivity contribution in [3.8, 4) is 0 Å². The number of unbranched alkanes of at least 4 members (excludes halogenated alkanes) is 1. The number of likely N-dealkylation sites (tertiary alicyclic amines) is 2. The van der Waals surface area contributed by atoms with Gasteiger partial charge in [0.2, 0.25) is 5.91 Å². The number of aromatic nitrogens is 2. The van der Waals surface area contributed by atoms with E-state index in [1.165, 1.54) is 0 Å². The summed E-state index contributed by atoms with van der Waals surface area (Å²) in [6.07, 6.45) is 4.90. The molecule has 0 aliphatic carbocycles. The number of hydrogen-bond donors (Lipinski definition) is 0. The first-order valence-corrected chi connectivity index (χ1v) is 16.0. The van der Waals surface area contributed by atoms with Gasteiger partial charge in [0.1, 0.15) is 5.60 Å². The van der Waals surface area contributed by atoms with Gasteiger partial charge in [-0.2, -0.15) is 0 Å². The quantitative estimate of drug-likeness (QED) is 0.350.